The van der Waals surface area contributed by atoms with Gasteiger partial charge in [-0.3, -0.25) is 9.69 Å². The van der Waals surface area contributed by atoms with E-state index in [0.717, 1.165) is 11.0 Å². The molecule has 6 heteroatoms. The van der Waals surface area contributed by atoms with Crippen LogP contribution in [-0.4, -0.2) is 12.1 Å². The van der Waals surface area contributed by atoms with Gasteiger partial charge in [0, 0.05) is 11.6 Å². The van der Waals surface area contributed by atoms with Crippen LogP contribution < -0.4 is 4.90 Å². The van der Waals surface area contributed by atoms with Gasteiger partial charge < -0.3 is 0 Å². The fourth-order valence-electron chi connectivity index (χ4n) is 4.10. The monoisotopic (exact) mass is 361 g/mol. The summed E-state index contributed by atoms with van der Waals surface area (Å²) in [6.45, 7) is 0. The van der Waals surface area contributed by atoms with E-state index in [2.05, 4.69) is 0 Å². The number of nitrogens with zero attached hydrogens (tertiary/aromatic N) is 1. The van der Waals surface area contributed by atoms with Crippen LogP contribution in [0.25, 0.3) is 0 Å². The lowest BCUT2D eigenvalue weighted by Gasteiger charge is -2.44. The summed E-state index contributed by atoms with van der Waals surface area (Å²) in [7, 11) is 0. The van der Waals surface area contributed by atoms with E-state index in [-0.39, 0.29) is 17.5 Å². The van der Waals surface area contributed by atoms with E-state index in [1.165, 1.54) is 12.1 Å². The highest BCUT2D eigenvalue weighted by Crippen LogP contribution is 2.53. The first kappa shape index (κ1) is 16.8. The van der Waals surface area contributed by atoms with Crippen molar-refractivity contribution >= 4 is 11.6 Å². The molecule has 2 aliphatic rings. The number of carbonyl (C=O) groups is 1. The zero-order valence-corrected chi connectivity index (χ0v) is 13.6. The number of hydrogen-bond donors (Lipinski definition) is 0. The maximum absolute atomic E-state index is 13.8. The average molecular weight is 361 g/mol. The second-order valence-corrected chi connectivity index (χ2v) is 6.59. The van der Waals surface area contributed by atoms with E-state index < -0.39 is 23.9 Å². The van der Waals surface area contributed by atoms with Crippen molar-refractivity contribution in [3.8, 4) is 0 Å². The summed E-state index contributed by atoms with van der Waals surface area (Å²) in [5.41, 5.74) is 1.18. The Bertz CT molecular complexity index is 875. The number of hydrogen-bond acceptors (Lipinski definition) is 1. The Hall–Kier alpha value is -2.63. The molecule has 0 spiro atoms. The molecule has 0 aromatic heterocycles. The molecule has 134 valence electrons. The molecular formula is C20H15F4NO. The molecule has 2 aromatic carbocycles. The van der Waals surface area contributed by atoms with Crippen molar-refractivity contribution < 1.29 is 22.4 Å². The molecule has 2 nitrogen and oxygen atoms in total. The molecule has 1 aliphatic heterocycles. The fourth-order valence-corrected chi connectivity index (χ4v) is 4.10. The zero-order chi connectivity index (χ0) is 18.5. The Morgan fingerprint density at radius 1 is 1.08 bits per heavy atom. The lowest BCUT2D eigenvalue weighted by molar-refractivity contribution is -0.171. The summed E-state index contributed by atoms with van der Waals surface area (Å²) >= 11 is 0. The molecule has 0 saturated heterocycles. The summed E-state index contributed by atoms with van der Waals surface area (Å²) in [5, 5.41) is 0. The average Bonchev–Trinajstić information content (AvgIpc) is 3.09. The number of fused-ring (bicyclic) bond motifs is 3. The topological polar surface area (TPSA) is 20.3 Å². The lowest BCUT2D eigenvalue weighted by Crippen LogP contribution is -2.49. The molecule has 3 unspecified atom stereocenters. The summed E-state index contributed by atoms with van der Waals surface area (Å²) in [6, 6.07) is 11.5. The normalized spacial score (nSPS) is 24.3. The first-order chi connectivity index (χ1) is 12.4. The van der Waals surface area contributed by atoms with Gasteiger partial charge in [-0.25, -0.2) is 4.39 Å². The summed E-state index contributed by atoms with van der Waals surface area (Å²) in [6.07, 6.45) is -0.699. The Morgan fingerprint density at radius 3 is 2.50 bits per heavy atom. The molecule has 2 aromatic rings. The molecular weight excluding hydrogens is 346 g/mol. The third-order valence-electron chi connectivity index (χ3n) is 5.11. The molecule has 0 saturated carbocycles. The number of allylic oxidation sites excluding steroid dienone is 2. The Balaban J connectivity index is 1.94. The highest BCUT2D eigenvalue weighted by atomic mass is 19.4. The van der Waals surface area contributed by atoms with Crippen molar-refractivity contribution in [2.45, 2.75) is 24.6 Å². The van der Waals surface area contributed by atoms with E-state index in [0.29, 0.717) is 17.5 Å². The quantitative estimate of drug-likeness (QED) is 0.509. The molecule has 0 radical (unpaired) electrons. The number of benzene rings is 2. The number of carbonyl (C=O) groups excluding carboxylic acids is 1. The van der Waals surface area contributed by atoms with Crippen LogP contribution in [0, 0.1) is 11.7 Å². The SMILES string of the molecule is O=C(N1c2ccc(F)cc2C2C=CCC2C1c1ccccc1)C(F)(F)F. The smallest absolute Gasteiger partial charge is 0.296 e. The first-order valence-electron chi connectivity index (χ1n) is 8.29. The van der Waals surface area contributed by atoms with Gasteiger partial charge >= 0.3 is 12.1 Å². The molecule has 0 N–H and O–H groups in total. The molecule has 3 atom stereocenters. The van der Waals surface area contributed by atoms with E-state index in [4.69, 9.17) is 0 Å². The van der Waals surface area contributed by atoms with Crippen LogP contribution in [-0.2, 0) is 4.79 Å². The Labute approximate surface area is 147 Å². The van der Waals surface area contributed by atoms with Crippen LogP contribution in [0.4, 0.5) is 23.2 Å². The summed E-state index contributed by atoms with van der Waals surface area (Å²) < 4.78 is 53.9. The van der Waals surface area contributed by atoms with E-state index in [1.54, 1.807) is 30.3 Å². The molecule has 1 amide bonds. The van der Waals surface area contributed by atoms with Crippen molar-refractivity contribution in [1.29, 1.82) is 0 Å². The van der Waals surface area contributed by atoms with Gasteiger partial charge in [0.2, 0.25) is 0 Å². The Kier molecular flexibility index (Phi) is 3.86. The molecule has 26 heavy (non-hydrogen) atoms. The van der Waals surface area contributed by atoms with Crippen LogP contribution >= 0.6 is 0 Å². The van der Waals surface area contributed by atoms with E-state index >= 15 is 0 Å². The predicted octanol–water partition coefficient (Wildman–Crippen LogP) is 5.14. The minimum Gasteiger partial charge on any atom is -0.296 e. The first-order valence-corrected chi connectivity index (χ1v) is 8.29. The van der Waals surface area contributed by atoms with Crippen molar-refractivity contribution in [3.63, 3.8) is 0 Å². The third-order valence-corrected chi connectivity index (χ3v) is 5.11. The summed E-state index contributed by atoms with van der Waals surface area (Å²) in [5.74, 6) is -2.94. The van der Waals surface area contributed by atoms with Gasteiger partial charge in [0.25, 0.3) is 0 Å². The standard InChI is InChI=1S/C20H15F4NO/c21-13-9-10-17-16(11-13)14-7-4-8-15(14)18(12-5-2-1-3-6-12)25(17)19(26)20(22,23)24/h1-7,9-11,14-15,18H,8H2. The molecule has 4 rings (SSSR count). The van der Waals surface area contributed by atoms with Crippen LogP contribution in [0.3, 0.4) is 0 Å². The minimum absolute atomic E-state index is 0.121. The minimum atomic E-state index is -5.02. The zero-order valence-electron chi connectivity index (χ0n) is 13.6. The van der Waals surface area contributed by atoms with Gasteiger partial charge in [-0.15, -0.1) is 0 Å². The number of halogens is 4. The largest absolute Gasteiger partial charge is 0.471 e. The van der Waals surface area contributed by atoms with Crippen LogP contribution in [0.15, 0.2) is 60.7 Å². The number of amides is 1. The van der Waals surface area contributed by atoms with Gasteiger partial charge in [-0.2, -0.15) is 13.2 Å². The molecule has 0 bridgehead atoms. The third kappa shape index (κ3) is 2.60. The maximum atomic E-state index is 13.8. The maximum Gasteiger partial charge on any atom is 0.471 e. The van der Waals surface area contributed by atoms with Gasteiger partial charge in [-0.1, -0.05) is 42.5 Å². The van der Waals surface area contributed by atoms with E-state index in [1.807, 2.05) is 12.2 Å². The molecule has 0 fully saturated rings. The Morgan fingerprint density at radius 2 is 1.81 bits per heavy atom. The van der Waals surface area contributed by atoms with Gasteiger partial charge in [0.15, 0.2) is 0 Å². The van der Waals surface area contributed by atoms with Crippen molar-refractivity contribution in [1.82, 2.24) is 0 Å². The lowest BCUT2D eigenvalue weighted by atomic mass is 9.75. The molecule has 1 aliphatic carbocycles. The highest BCUT2D eigenvalue weighted by molar-refractivity contribution is 5.99. The highest BCUT2D eigenvalue weighted by Gasteiger charge is 2.51. The van der Waals surface area contributed by atoms with E-state index in [9.17, 15) is 22.4 Å². The number of rotatable bonds is 1. The van der Waals surface area contributed by atoms with Gasteiger partial charge in [-0.05, 0) is 41.7 Å². The number of alkyl halides is 3. The van der Waals surface area contributed by atoms with Crippen molar-refractivity contribution in [2.75, 3.05) is 4.90 Å². The van der Waals surface area contributed by atoms with Crippen LogP contribution in [0.1, 0.15) is 29.5 Å². The van der Waals surface area contributed by atoms with Crippen LogP contribution in [0.2, 0.25) is 0 Å². The van der Waals surface area contributed by atoms with Crippen LogP contribution in [0.5, 0.6) is 0 Å². The molecule has 1 heterocycles. The van der Waals surface area contributed by atoms with Crippen molar-refractivity contribution in [3.05, 3.63) is 77.6 Å². The van der Waals surface area contributed by atoms with Crippen molar-refractivity contribution in [2.24, 2.45) is 5.92 Å². The predicted molar refractivity (Wildman–Crippen MR) is 89.1 cm³/mol. The number of anilines is 1. The van der Waals surface area contributed by atoms with Gasteiger partial charge in [0.05, 0.1) is 6.04 Å². The van der Waals surface area contributed by atoms with Gasteiger partial charge in [0.1, 0.15) is 5.82 Å². The summed E-state index contributed by atoms with van der Waals surface area (Å²) in [4.78, 5) is 13.1. The second kappa shape index (κ2) is 5.97. The fraction of sp³-hybridized carbons (Fsp3) is 0.250. The second-order valence-electron chi connectivity index (χ2n) is 6.59.